The summed E-state index contributed by atoms with van der Waals surface area (Å²) < 4.78 is 0. The molecule has 3 heteroatoms. The molecular formula is C14H16ClNS. The molecule has 17 heavy (non-hydrogen) atoms. The van der Waals surface area contributed by atoms with E-state index in [0.717, 1.165) is 24.5 Å². The van der Waals surface area contributed by atoms with Crippen molar-refractivity contribution in [1.29, 1.82) is 0 Å². The van der Waals surface area contributed by atoms with Gasteiger partial charge in [0, 0.05) is 6.54 Å². The van der Waals surface area contributed by atoms with Crippen LogP contribution < -0.4 is 5.32 Å². The van der Waals surface area contributed by atoms with Crippen LogP contribution in [0.3, 0.4) is 0 Å². The molecule has 0 bridgehead atoms. The maximum atomic E-state index is 6.20. The second kappa shape index (κ2) is 6.20. The Balaban J connectivity index is 2.25. The first kappa shape index (κ1) is 12.6. The molecule has 0 radical (unpaired) electrons. The number of hydrogen-bond donors (Lipinski definition) is 1. The molecule has 2 rings (SSSR count). The Hall–Kier alpha value is -0.830. The first-order chi connectivity index (χ1) is 8.33. The topological polar surface area (TPSA) is 12.0 Å². The molecular weight excluding hydrogens is 250 g/mol. The Kier molecular flexibility index (Phi) is 4.60. The number of halogens is 1. The molecule has 1 heterocycles. The largest absolute Gasteiger partial charge is 0.313 e. The second-order valence-corrected chi connectivity index (χ2v) is 5.25. The van der Waals surface area contributed by atoms with E-state index in [9.17, 15) is 0 Å². The van der Waals surface area contributed by atoms with Crippen LogP contribution in [0.4, 0.5) is 0 Å². The highest BCUT2D eigenvalue weighted by molar-refractivity contribution is 7.14. The van der Waals surface area contributed by atoms with Gasteiger partial charge in [0.2, 0.25) is 0 Å². The van der Waals surface area contributed by atoms with E-state index < -0.39 is 0 Å². The normalized spacial score (nSPS) is 10.7. The number of thiophene rings is 1. The van der Waals surface area contributed by atoms with E-state index in [1.165, 1.54) is 16.0 Å². The van der Waals surface area contributed by atoms with Crippen LogP contribution in [0.1, 0.15) is 18.9 Å². The van der Waals surface area contributed by atoms with Gasteiger partial charge in [-0.3, -0.25) is 0 Å². The Bertz CT molecular complexity index is 479. The second-order valence-electron chi connectivity index (χ2n) is 3.93. The number of benzene rings is 1. The zero-order valence-electron chi connectivity index (χ0n) is 9.87. The molecule has 0 aliphatic carbocycles. The molecule has 0 spiro atoms. The van der Waals surface area contributed by atoms with Gasteiger partial charge in [0.25, 0.3) is 0 Å². The van der Waals surface area contributed by atoms with Crippen LogP contribution in [0.15, 0.2) is 35.7 Å². The molecule has 1 aromatic carbocycles. The minimum Gasteiger partial charge on any atom is -0.313 e. The summed E-state index contributed by atoms with van der Waals surface area (Å²) in [7, 11) is 0. The quantitative estimate of drug-likeness (QED) is 0.781. The van der Waals surface area contributed by atoms with Gasteiger partial charge in [-0.25, -0.2) is 0 Å². The van der Waals surface area contributed by atoms with Crippen LogP contribution >= 0.6 is 22.9 Å². The van der Waals surface area contributed by atoms with Crippen molar-refractivity contribution in [3.8, 4) is 10.4 Å². The van der Waals surface area contributed by atoms with E-state index in [-0.39, 0.29) is 0 Å². The van der Waals surface area contributed by atoms with Crippen molar-refractivity contribution in [3.63, 3.8) is 0 Å². The molecule has 2 aromatic rings. The molecule has 0 amide bonds. The highest BCUT2D eigenvalue weighted by Gasteiger charge is 2.08. The van der Waals surface area contributed by atoms with Gasteiger partial charge in [0.05, 0.1) is 9.90 Å². The van der Waals surface area contributed by atoms with Crippen molar-refractivity contribution in [2.75, 3.05) is 6.54 Å². The fourth-order valence-electron chi connectivity index (χ4n) is 1.78. The summed E-state index contributed by atoms with van der Waals surface area (Å²) in [4.78, 5) is 1.17. The van der Waals surface area contributed by atoms with E-state index in [1.54, 1.807) is 11.3 Å². The van der Waals surface area contributed by atoms with Gasteiger partial charge in [-0.1, -0.05) is 42.8 Å². The summed E-state index contributed by atoms with van der Waals surface area (Å²) in [5.74, 6) is 0. The monoisotopic (exact) mass is 265 g/mol. The average molecular weight is 266 g/mol. The van der Waals surface area contributed by atoms with Crippen LogP contribution in [0, 0.1) is 0 Å². The Morgan fingerprint density at radius 3 is 2.76 bits per heavy atom. The number of rotatable bonds is 5. The van der Waals surface area contributed by atoms with Crippen molar-refractivity contribution >= 4 is 22.9 Å². The molecule has 0 fully saturated rings. The van der Waals surface area contributed by atoms with Gasteiger partial charge in [-0.15, -0.1) is 11.3 Å². The van der Waals surface area contributed by atoms with Crippen LogP contribution in [-0.4, -0.2) is 6.54 Å². The SMILES string of the molecule is CCCNCc1ccccc1-c1sccc1Cl. The highest BCUT2D eigenvalue weighted by atomic mass is 35.5. The molecule has 1 nitrogen and oxygen atoms in total. The van der Waals surface area contributed by atoms with Crippen molar-refractivity contribution in [3.05, 3.63) is 46.3 Å². The lowest BCUT2D eigenvalue weighted by Crippen LogP contribution is -2.14. The van der Waals surface area contributed by atoms with Gasteiger partial charge in [-0.2, -0.15) is 0 Å². The fraction of sp³-hybridized carbons (Fsp3) is 0.286. The maximum absolute atomic E-state index is 6.20. The maximum Gasteiger partial charge on any atom is 0.0592 e. The van der Waals surface area contributed by atoms with Crippen LogP contribution in [0.2, 0.25) is 5.02 Å². The predicted molar refractivity (Wildman–Crippen MR) is 76.8 cm³/mol. The summed E-state index contributed by atoms with van der Waals surface area (Å²) in [5, 5.41) is 6.32. The summed E-state index contributed by atoms with van der Waals surface area (Å²) in [6.07, 6.45) is 1.15. The Morgan fingerprint density at radius 1 is 1.24 bits per heavy atom. The molecule has 0 saturated carbocycles. The lowest BCUT2D eigenvalue weighted by Gasteiger charge is -2.09. The van der Waals surface area contributed by atoms with E-state index in [4.69, 9.17) is 11.6 Å². The lowest BCUT2D eigenvalue weighted by atomic mass is 10.1. The molecule has 0 aliphatic heterocycles. The third-order valence-electron chi connectivity index (χ3n) is 2.62. The highest BCUT2D eigenvalue weighted by Crippen LogP contribution is 2.35. The minimum atomic E-state index is 0.845. The zero-order chi connectivity index (χ0) is 12.1. The Labute approximate surface area is 111 Å². The minimum absolute atomic E-state index is 0.845. The van der Waals surface area contributed by atoms with Crippen LogP contribution in [0.5, 0.6) is 0 Å². The number of nitrogens with one attached hydrogen (secondary N) is 1. The summed E-state index contributed by atoms with van der Waals surface area (Å²) in [6.45, 7) is 4.12. The van der Waals surface area contributed by atoms with E-state index in [0.29, 0.717) is 0 Å². The lowest BCUT2D eigenvalue weighted by molar-refractivity contribution is 0.676. The molecule has 1 N–H and O–H groups in total. The van der Waals surface area contributed by atoms with E-state index >= 15 is 0 Å². The predicted octanol–water partition coefficient (Wildman–Crippen LogP) is 4.57. The van der Waals surface area contributed by atoms with Crippen molar-refractivity contribution in [2.24, 2.45) is 0 Å². The molecule has 0 atom stereocenters. The van der Waals surface area contributed by atoms with Gasteiger partial charge in [0.1, 0.15) is 0 Å². The zero-order valence-corrected chi connectivity index (χ0v) is 11.4. The third-order valence-corrected chi connectivity index (χ3v) is 4.00. The van der Waals surface area contributed by atoms with Gasteiger partial charge in [0.15, 0.2) is 0 Å². The van der Waals surface area contributed by atoms with Crippen LogP contribution in [0.25, 0.3) is 10.4 Å². The molecule has 90 valence electrons. The van der Waals surface area contributed by atoms with Gasteiger partial charge >= 0.3 is 0 Å². The van der Waals surface area contributed by atoms with Crippen molar-refractivity contribution in [1.82, 2.24) is 5.32 Å². The summed E-state index contributed by atoms with van der Waals surface area (Å²) in [5.41, 5.74) is 2.56. The Morgan fingerprint density at radius 2 is 2.06 bits per heavy atom. The average Bonchev–Trinajstić information content (AvgIpc) is 2.76. The molecule has 0 saturated heterocycles. The summed E-state index contributed by atoms with van der Waals surface area (Å²) in [6, 6.07) is 10.4. The molecule has 0 aliphatic rings. The number of hydrogen-bond acceptors (Lipinski definition) is 2. The molecule has 1 aromatic heterocycles. The first-order valence-corrected chi connectivity index (χ1v) is 7.10. The molecule has 0 unspecified atom stereocenters. The van der Waals surface area contributed by atoms with E-state index in [1.807, 2.05) is 11.4 Å². The van der Waals surface area contributed by atoms with Gasteiger partial charge in [-0.05, 0) is 35.5 Å². The smallest absolute Gasteiger partial charge is 0.0592 e. The van der Waals surface area contributed by atoms with E-state index in [2.05, 4.69) is 36.5 Å². The third kappa shape index (κ3) is 3.09. The van der Waals surface area contributed by atoms with Crippen molar-refractivity contribution < 1.29 is 0 Å². The van der Waals surface area contributed by atoms with Gasteiger partial charge < -0.3 is 5.32 Å². The summed E-state index contributed by atoms with van der Waals surface area (Å²) >= 11 is 7.89. The standard InChI is InChI=1S/C14H16ClNS/c1-2-8-16-10-11-5-3-4-6-12(11)14-13(15)7-9-17-14/h3-7,9,16H,2,8,10H2,1H3. The fourth-order valence-corrected chi connectivity index (χ4v) is 3.00. The first-order valence-electron chi connectivity index (χ1n) is 5.85. The van der Waals surface area contributed by atoms with Crippen molar-refractivity contribution in [2.45, 2.75) is 19.9 Å². The van der Waals surface area contributed by atoms with Crippen LogP contribution in [-0.2, 0) is 6.54 Å².